The molecule has 0 aliphatic carbocycles. The van der Waals surface area contributed by atoms with E-state index in [1.165, 1.54) is 5.56 Å². The summed E-state index contributed by atoms with van der Waals surface area (Å²) in [5.41, 5.74) is 2.73. The fraction of sp³-hybridized carbons (Fsp3) is 0.423. The molecule has 3 heterocycles. The average molecular weight is 464 g/mol. The second kappa shape index (κ2) is 9.37. The number of benzene rings is 2. The molecule has 0 saturated carbocycles. The van der Waals surface area contributed by atoms with Gasteiger partial charge in [-0.3, -0.25) is 14.4 Å². The first-order valence-electron chi connectivity index (χ1n) is 11.9. The van der Waals surface area contributed by atoms with E-state index in [4.69, 9.17) is 9.47 Å². The highest BCUT2D eigenvalue weighted by Gasteiger charge is 2.38. The van der Waals surface area contributed by atoms with Crippen LogP contribution in [0.25, 0.3) is 0 Å². The van der Waals surface area contributed by atoms with Crippen LogP contribution in [0.5, 0.6) is 11.5 Å². The van der Waals surface area contributed by atoms with Crippen molar-refractivity contribution in [2.24, 2.45) is 11.8 Å². The Bertz CT molecular complexity index is 1090. The van der Waals surface area contributed by atoms with Gasteiger partial charge in [-0.1, -0.05) is 19.1 Å². The molecule has 2 fully saturated rings. The number of rotatable bonds is 5. The minimum Gasteiger partial charge on any atom is -0.454 e. The Kier molecular flexibility index (Phi) is 6.13. The van der Waals surface area contributed by atoms with Crippen LogP contribution in [0, 0.1) is 11.8 Å². The predicted molar refractivity (Wildman–Crippen MR) is 127 cm³/mol. The van der Waals surface area contributed by atoms with E-state index < -0.39 is 0 Å². The van der Waals surface area contributed by atoms with Crippen molar-refractivity contribution in [1.29, 1.82) is 0 Å². The van der Waals surface area contributed by atoms with Crippen LogP contribution in [-0.2, 0) is 20.8 Å². The van der Waals surface area contributed by atoms with Crippen molar-refractivity contribution >= 4 is 29.1 Å². The van der Waals surface area contributed by atoms with Crippen molar-refractivity contribution in [3.63, 3.8) is 0 Å². The van der Waals surface area contributed by atoms with Gasteiger partial charge in [-0.15, -0.1) is 0 Å². The summed E-state index contributed by atoms with van der Waals surface area (Å²) in [4.78, 5) is 42.0. The van der Waals surface area contributed by atoms with E-state index >= 15 is 0 Å². The van der Waals surface area contributed by atoms with Crippen LogP contribution < -0.4 is 19.7 Å². The normalized spacial score (nSPS) is 20.0. The first-order chi connectivity index (χ1) is 16.5. The number of carbonyl (C=O) groups excluding carboxylic acids is 3. The fourth-order valence-electron chi connectivity index (χ4n) is 4.87. The summed E-state index contributed by atoms with van der Waals surface area (Å²) in [6.45, 7) is 3.74. The third-order valence-electron chi connectivity index (χ3n) is 6.95. The Morgan fingerprint density at radius 2 is 1.74 bits per heavy atom. The fourth-order valence-corrected chi connectivity index (χ4v) is 4.87. The lowest BCUT2D eigenvalue weighted by Gasteiger charge is -2.33. The van der Waals surface area contributed by atoms with E-state index in [1.54, 1.807) is 23.1 Å². The van der Waals surface area contributed by atoms with Gasteiger partial charge in [-0.25, -0.2) is 0 Å². The van der Waals surface area contributed by atoms with E-state index in [2.05, 4.69) is 12.2 Å². The molecule has 1 N–H and O–H groups in total. The molecule has 2 aromatic rings. The topological polar surface area (TPSA) is 88.2 Å². The Hall–Kier alpha value is -3.55. The molecule has 3 amide bonds. The molecule has 2 saturated heterocycles. The number of carbonyl (C=O) groups is 3. The highest BCUT2D eigenvalue weighted by molar-refractivity contribution is 6.00. The first-order valence-corrected chi connectivity index (χ1v) is 11.9. The number of fused-ring (bicyclic) bond motifs is 1. The van der Waals surface area contributed by atoms with Gasteiger partial charge in [0.15, 0.2) is 11.5 Å². The number of nitrogens with zero attached hydrogens (tertiary/aromatic N) is 2. The van der Waals surface area contributed by atoms with Crippen LogP contribution in [-0.4, -0.2) is 49.0 Å². The summed E-state index contributed by atoms with van der Waals surface area (Å²) in [7, 11) is 0. The molecule has 8 nitrogen and oxygen atoms in total. The van der Waals surface area contributed by atoms with Crippen LogP contribution in [0.3, 0.4) is 0 Å². The highest BCUT2D eigenvalue weighted by Crippen LogP contribution is 2.34. The number of anilines is 2. The third-order valence-corrected chi connectivity index (χ3v) is 6.95. The van der Waals surface area contributed by atoms with Gasteiger partial charge in [0.1, 0.15) is 0 Å². The molecular formula is C26H29N3O5. The molecule has 5 rings (SSSR count). The lowest BCUT2D eigenvalue weighted by molar-refractivity contribution is -0.138. The Morgan fingerprint density at radius 1 is 1.00 bits per heavy atom. The van der Waals surface area contributed by atoms with Gasteiger partial charge >= 0.3 is 0 Å². The largest absolute Gasteiger partial charge is 0.454 e. The maximum absolute atomic E-state index is 13.1. The molecule has 3 aliphatic heterocycles. The van der Waals surface area contributed by atoms with E-state index in [0.717, 1.165) is 12.1 Å². The molecule has 0 aromatic heterocycles. The van der Waals surface area contributed by atoms with Crippen molar-refractivity contribution in [2.75, 3.05) is 36.6 Å². The molecule has 2 aromatic carbocycles. The van der Waals surface area contributed by atoms with Gasteiger partial charge in [0.2, 0.25) is 24.5 Å². The van der Waals surface area contributed by atoms with Gasteiger partial charge in [0, 0.05) is 49.4 Å². The number of amides is 3. The van der Waals surface area contributed by atoms with Crippen molar-refractivity contribution < 1.29 is 23.9 Å². The number of aryl methyl sites for hydroxylation is 1. The van der Waals surface area contributed by atoms with E-state index in [0.29, 0.717) is 49.7 Å². The zero-order chi connectivity index (χ0) is 23.7. The summed E-state index contributed by atoms with van der Waals surface area (Å²) < 4.78 is 10.7. The van der Waals surface area contributed by atoms with Gasteiger partial charge in [0.25, 0.3) is 0 Å². The first kappa shape index (κ1) is 22.3. The summed E-state index contributed by atoms with van der Waals surface area (Å²) in [5, 5.41) is 2.95. The quantitative estimate of drug-likeness (QED) is 0.736. The smallest absolute Gasteiger partial charge is 0.231 e. The van der Waals surface area contributed by atoms with Crippen molar-refractivity contribution in [3.05, 3.63) is 48.0 Å². The van der Waals surface area contributed by atoms with Crippen LogP contribution in [0.15, 0.2) is 42.5 Å². The highest BCUT2D eigenvalue weighted by atomic mass is 16.7. The molecule has 0 unspecified atom stereocenters. The second-order valence-corrected chi connectivity index (χ2v) is 9.08. The van der Waals surface area contributed by atoms with Crippen molar-refractivity contribution in [1.82, 2.24) is 4.90 Å². The second-order valence-electron chi connectivity index (χ2n) is 9.08. The number of hydrogen-bond donors (Lipinski definition) is 1. The van der Waals surface area contributed by atoms with Crippen molar-refractivity contribution in [2.45, 2.75) is 32.6 Å². The van der Waals surface area contributed by atoms with Gasteiger partial charge in [-0.05, 0) is 49.1 Å². The zero-order valence-corrected chi connectivity index (χ0v) is 19.3. The molecule has 0 spiro atoms. The monoisotopic (exact) mass is 463 g/mol. The molecule has 178 valence electrons. The minimum atomic E-state index is -0.336. The predicted octanol–water partition coefficient (Wildman–Crippen LogP) is 3.21. The standard InChI is InChI=1S/C26H29N3O5/c1-2-17-3-6-21(7-4-17)29-15-19(13-24(29)30)26(32)28-11-9-18(10-12-28)25(31)27-20-5-8-22-23(14-20)34-16-33-22/h3-8,14,18-19H,2,9-13,15-16H2,1H3,(H,27,31)/t19-/m1/s1. The van der Waals surface area contributed by atoms with Gasteiger partial charge in [-0.2, -0.15) is 0 Å². The third kappa shape index (κ3) is 4.44. The van der Waals surface area contributed by atoms with Gasteiger partial charge < -0.3 is 24.6 Å². The molecule has 3 aliphatic rings. The molecule has 34 heavy (non-hydrogen) atoms. The number of piperidine rings is 1. The minimum absolute atomic E-state index is 0.00987. The molecular weight excluding hydrogens is 434 g/mol. The number of likely N-dealkylation sites (tertiary alicyclic amines) is 1. The van der Waals surface area contributed by atoms with Crippen LogP contribution in [0.4, 0.5) is 11.4 Å². The van der Waals surface area contributed by atoms with E-state index in [1.807, 2.05) is 29.2 Å². The van der Waals surface area contributed by atoms with Crippen LogP contribution in [0.1, 0.15) is 31.7 Å². The van der Waals surface area contributed by atoms with Crippen LogP contribution >= 0.6 is 0 Å². The maximum Gasteiger partial charge on any atom is 0.231 e. The molecule has 1 atom stereocenters. The Morgan fingerprint density at radius 3 is 2.47 bits per heavy atom. The lowest BCUT2D eigenvalue weighted by atomic mass is 9.94. The molecule has 0 radical (unpaired) electrons. The lowest BCUT2D eigenvalue weighted by Crippen LogP contribution is -2.44. The van der Waals surface area contributed by atoms with Crippen LogP contribution in [0.2, 0.25) is 0 Å². The van der Waals surface area contributed by atoms with E-state index in [-0.39, 0.29) is 42.8 Å². The zero-order valence-electron chi connectivity index (χ0n) is 19.3. The number of ether oxygens (including phenoxy) is 2. The molecule has 8 heteroatoms. The Balaban J connectivity index is 1.13. The van der Waals surface area contributed by atoms with E-state index in [9.17, 15) is 14.4 Å². The van der Waals surface area contributed by atoms with Crippen molar-refractivity contribution in [3.8, 4) is 11.5 Å². The Labute approximate surface area is 198 Å². The average Bonchev–Trinajstić information content (AvgIpc) is 3.50. The summed E-state index contributed by atoms with van der Waals surface area (Å²) in [6.07, 6.45) is 2.38. The number of nitrogens with one attached hydrogen (secondary N) is 1. The summed E-state index contributed by atoms with van der Waals surface area (Å²) >= 11 is 0. The summed E-state index contributed by atoms with van der Waals surface area (Å²) in [6, 6.07) is 13.3. The number of hydrogen-bond acceptors (Lipinski definition) is 5. The summed E-state index contributed by atoms with van der Waals surface area (Å²) in [5.74, 6) is 0.747. The maximum atomic E-state index is 13.1. The van der Waals surface area contributed by atoms with Gasteiger partial charge in [0.05, 0.1) is 5.92 Å². The SMILES string of the molecule is CCc1ccc(N2C[C@H](C(=O)N3CCC(C(=O)Nc4ccc5c(c4)OCO5)CC3)CC2=O)cc1. The molecule has 0 bridgehead atoms.